The van der Waals surface area contributed by atoms with Gasteiger partial charge in [0.25, 0.3) is 0 Å². The molecule has 1 unspecified atom stereocenters. The zero-order valence-corrected chi connectivity index (χ0v) is 13.9. The summed E-state index contributed by atoms with van der Waals surface area (Å²) in [5.74, 6) is 0. The molecule has 3 rings (SSSR count). The summed E-state index contributed by atoms with van der Waals surface area (Å²) in [6.45, 7) is 6.60. The Morgan fingerprint density at radius 2 is 2.05 bits per heavy atom. The second-order valence-corrected chi connectivity index (χ2v) is 7.66. The van der Waals surface area contributed by atoms with Gasteiger partial charge in [-0.25, -0.2) is 0 Å². The van der Waals surface area contributed by atoms with Crippen LogP contribution in [0.1, 0.15) is 17.4 Å². The molecule has 0 radical (unpaired) electrons. The minimum Gasteiger partial charge on any atom is -0.305 e. The maximum Gasteiger partial charge on any atom is 0.0931 e. The third kappa shape index (κ3) is 3.67. The number of thiophene rings is 1. The van der Waals surface area contributed by atoms with Gasteiger partial charge in [0.1, 0.15) is 0 Å². The van der Waals surface area contributed by atoms with Crippen LogP contribution in [-0.4, -0.2) is 31.1 Å². The summed E-state index contributed by atoms with van der Waals surface area (Å²) in [7, 11) is 0. The van der Waals surface area contributed by atoms with E-state index in [2.05, 4.69) is 53.5 Å². The quantitative estimate of drug-likeness (QED) is 0.922. The van der Waals surface area contributed by atoms with Gasteiger partial charge in [-0.15, -0.1) is 11.3 Å². The maximum atomic E-state index is 6.00. The Hall–Kier alpha value is -0.870. The van der Waals surface area contributed by atoms with E-state index >= 15 is 0 Å². The predicted molar refractivity (Wildman–Crippen MR) is 91.3 cm³/mol. The van der Waals surface area contributed by atoms with Crippen molar-refractivity contribution in [3.05, 3.63) is 57.2 Å². The number of hydrogen-bond donors (Lipinski definition) is 1. The van der Waals surface area contributed by atoms with E-state index in [0.29, 0.717) is 0 Å². The minimum absolute atomic E-state index is 0.0482. The first-order valence-corrected chi connectivity index (χ1v) is 8.62. The van der Waals surface area contributed by atoms with Crippen molar-refractivity contribution in [1.29, 1.82) is 0 Å². The first-order chi connectivity index (χ1) is 10.2. The van der Waals surface area contributed by atoms with Crippen molar-refractivity contribution in [3.63, 3.8) is 0 Å². The average Bonchev–Trinajstić information content (AvgIpc) is 2.92. The van der Waals surface area contributed by atoms with Gasteiger partial charge in [0, 0.05) is 31.1 Å². The number of piperazine rings is 1. The highest BCUT2D eigenvalue weighted by Gasteiger charge is 2.31. The van der Waals surface area contributed by atoms with Crippen LogP contribution in [0.5, 0.6) is 0 Å². The number of nitrogens with one attached hydrogen (secondary N) is 1. The highest BCUT2D eigenvalue weighted by atomic mass is 35.5. The lowest BCUT2D eigenvalue weighted by atomic mass is 9.89. The molecule has 1 aliphatic heterocycles. The number of nitrogens with zero attached hydrogens (tertiary/aromatic N) is 1. The van der Waals surface area contributed by atoms with E-state index in [1.54, 1.807) is 11.3 Å². The fourth-order valence-electron chi connectivity index (χ4n) is 3.02. The van der Waals surface area contributed by atoms with Crippen LogP contribution in [0, 0.1) is 0 Å². The third-order valence-electron chi connectivity index (χ3n) is 4.20. The molecule has 1 N–H and O–H groups in total. The summed E-state index contributed by atoms with van der Waals surface area (Å²) >= 11 is 7.70. The van der Waals surface area contributed by atoms with Crippen LogP contribution in [0.3, 0.4) is 0 Å². The van der Waals surface area contributed by atoms with Gasteiger partial charge in [0.2, 0.25) is 0 Å². The Morgan fingerprint density at radius 3 is 2.76 bits per heavy atom. The second-order valence-electron chi connectivity index (χ2n) is 5.86. The summed E-state index contributed by atoms with van der Waals surface area (Å²) in [5, 5.41) is 3.68. The van der Waals surface area contributed by atoms with Crippen molar-refractivity contribution in [2.75, 3.05) is 26.2 Å². The van der Waals surface area contributed by atoms with Crippen molar-refractivity contribution >= 4 is 22.9 Å². The molecule has 0 bridgehead atoms. The molecule has 2 heterocycles. The van der Waals surface area contributed by atoms with E-state index in [9.17, 15) is 0 Å². The molecule has 0 spiro atoms. The van der Waals surface area contributed by atoms with E-state index in [-0.39, 0.29) is 5.54 Å². The fourth-order valence-corrected chi connectivity index (χ4v) is 4.09. The molecule has 0 saturated carbocycles. The van der Waals surface area contributed by atoms with Gasteiger partial charge >= 0.3 is 0 Å². The summed E-state index contributed by atoms with van der Waals surface area (Å²) in [5.41, 5.74) is 1.42. The molecule has 1 aliphatic rings. The van der Waals surface area contributed by atoms with Crippen LogP contribution < -0.4 is 5.32 Å². The van der Waals surface area contributed by atoms with Crippen molar-refractivity contribution in [2.24, 2.45) is 0 Å². The van der Waals surface area contributed by atoms with Gasteiger partial charge < -0.3 is 5.32 Å². The lowest BCUT2D eigenvalue weighted by Crippen LogP contribution is -2.56. The highest BCUT2D eigenvalue weighted by Crippen LogP contribution is 2.25. The lowest BCUT2D eigenvalue weighted by Gasteiger charge is -2.42. The predicted octanol–water partition coefficient (Wildman–Crippen LogP) is 3.76. The SMILES string of the molecule is CC1(c2ccccc2)CN(CCc2ccc(Cl)s2)CCN1. The minimum atomic E-state index is 0.0482. The summed E-state index contributed by atoms with van der Waals surface area (Å²) in [4.78, 5) is 3.93. The van der Waals surface area contributed by atoms with Gasteiger partial charge in [0.15, 0.2) is 0 Å². The number of benzene rings is 1. The van der Waals surface area contributed by atoms with Crippen LogP contribution in [-0.2, 0) is 12.0 Å². The first kappa shape index (κ1) is 15.0. The molecule has 1 fully saturated rings. The van der Waals surface area contributed by atoms with Crippen molar-refractivity contribution in [2.45, 2.75) is 18.9 Å². The lowest BCUT2D eigenvalue weighted by molar-refractivity contribution is 0.144. The zero-order chi connectivity index (χ0) is 14.7. The van der Waals surface area contributed by atoms with Crippen LogP contribution in [0.4, 0.5) is 0 Å². The fraction of sp³-hybridized carbons (Fsp3) is 0.412. The molecular formula is C17H21ClN2S. The highest BCUT2D eigenvalue weighted by molar-refractivity contribution is 7.16. The molecule has 1 aromatic heterocycles. The topological polar surface area (TPSA) is 15.3 Å². The molecule has 2 nitrogen and oxygen atoms in total. The van der Waals surface area contributed by atoms with E-state index < -0.39 is 0 Å². The van der Waals surface area contributed by atoms with Crippen LogP contribution in [0.25, 0.3) is 0 Å². The normalized spacial score (nSPS) is 23.3. The van der Waals surface area contributed by atoms with Gasteiger partial charge in [-0.2, -0.15) is 0 Å². The summed E-state index contributed by atoms with van der Waals surface area (Å²) in [6, 6.07) is 14.9. The molecule has 0 aliphatic carbocycles. The maximum absolute atomic E-state index is 6.00. The molecule has 112 valence electrons. The molecule has 1 aromatic carbocycles. The van der Waals surface area contributed by atoms with E-state index in [4.69, 9.17) is 11.6 Å². The standard InChI is InChI=1S/C17H21ClN2S/c1-17(14-5-3-2-4-6-14)13-20(12-10-19-17)11-9-15-7-8-16(18)21-15/h2-8,19H,9-13H2,1H3. The van der Waals surface area contributed by atoms with Crippen LogP contribution >= 0.6 is 22.9 Å². The molecule has 1 atom stereocenters. The van der Waals surface area contributed by atoms with Gasteiger partial charge in [-0.3, -0.25) is 4.90 Å². The van der Waals surface area contributed by atoms with E-state index in [0.717, 1.165) is 36.9 Å². The molecule has 0 amide bonds. The first-order valence-electron chi connectivity index (χ1n) is 7.43. The molecule has 1 saturated heterocycles. The van der Waals surface area contributed by atoms with E-state index in [1.165, 1.54) is 10.4 Å². The van der Waals surface area contributed by atoms with Gasteiger partial charge in [-0.05, 0) is 31.0 Å². The van der Waals surface area contributed by atoms with Gasteiger partial charge in [-0.1, -0.05) is 41.9 Å². The van der Waals surface area contributed by atoms with Crippen molar-refractivity contribution < 1.29 is 0 Å². The number of halogens is 1. The molecule has 2 aromatic rings. The largest absolute Gasteiger partial charge is 0.305 e. The molecule has 21 heavy (non-hydrogen) atoms. The smallest absolute Gasteiger partial charge is 0.0931 e. The monoisotopic (exact) mass is 320 g/mol. The van der Waals surface area contributed by atoms with Gasteiger partial charge in [0.05, 0.1) is 9.88 Å². The Labute approximate surface area is 135 Å². The second kappa shape index (κ2) is 6.49. The average molecular weight is 321 g/mol. The Kier molecular flexibility index (Phi) is 4.65. The Balaban J connectivity index is 1.63. The number of hydrogen-bond acceptors (Lipinski definition) is 3. The Morgan fingerprint density at radius 1 is 1.24 bits per heavy atom. The molecular weight excluding hydrogens is 300 g/mol. The number of rotatable bonds is 4. The Bertz CT molecular complexity index is 583. The van der Waals surface area contributed by atoms with E-state index in [1.807, 2.05) is 6.07 Å². The van der Waals surface area contributed by atoms with Crippen LogP contribution in [0.2, 0.25) is 4.34 Å². The van der Waals surface area contributed by atoms with Crippen molar-refractivity contribution in [1.82, 2.24) is 10.2 Å². The van der Waals surface area contributed by atoms with Crippen LogP contribution in [0.15, 0.2) is 42.5 Å². The van der Waals surface area contributed by atoms with Crippen molar-refractivity contribution in [3.8, 4) is 0 Å². The molecule has 4 heteroatoms. The third-order valence-corrected chi connectivity index (χ3v) is 5.49. The zero-order valence-electron chi connectivity index (χ0n) is 12.3. The summed E-state index contributed by atoms with van der Waals surface area (Å²) < 4.78 is 0.888. The summed E-state index contributed by atoms with van der Waals surface area (Å²) in [6.07, 6.45) is 1.09.